The molecule has 14 heteroatoms. The highest BCUT2D eigenvalue weighted by Crippen LogP contribution is 2.11. The van der Waals surface area contributed by atoms with Gasteiger partial charge in [-0.1, -0.05) is 26.0 Å². The minimum absolute atomic E-state index is 0.0641. The number of fused-ring (bicyclic) bond motifs is 2. The maximum Gasteiger partial charge on any atom is 0.308 e. The number of carboxylic acid groups (broad SMARTS) is 1. The lowest BCUT2D eigenvalue weighted by Gasteiger charge is -2.26. The van der Waals surface area contributed by atoms with Crippen LogP contribution in [-0.4, -0.2) is 71.1 Å². The normalized spacial score (nSPS) is 22.0. The number of hydrogen-bond acceptors (Lipinski definition) is 7. The van der Waals surface area contributed by atoms with Gasteiger partial charge in [0.2, 0.25) is 23.6 Å². The lowest BCUT2D eigenvalue weighted by molar-refractivity contribution is -0.145. The van der Waals surface area contributed by atoms with Crippen LogP contribution in [0.5, 0.6) is 0 Å². The third-order valence-corrected chi connectivity index (χ3v) is 6.38. The average molecular weight is 560 g/mol. The molecule has 0 saturated heterocycles. The van der Waals surface area contributed by atoms with E-state index in [2.05, 4.69) is 26.6 Å². The summed E-state index contributed by atoms with van der Waals surface area (Å²) in [6, 6.07) is 2.70. The molecular weight excluding hydrogens is 522 g/mol. The molecule has 0 radical (unpaired) electrons. The summed E-state index contributed by atoms with van der Waals surface area (Å²) in [5.74, 6) is -6.53. The fourth-order valence-electron chi connectivity index (χ4n) is 3.98. The monoisotopic (exact) mass is 559 g/mol. The number of carbonyl (C=O) groups excluding carboxylic acids is 5. The summed E-state index contributed by atoms with van der Waals surface area (Å²) in [7, 11) is 0. The van der Waals surface area contributed by atoms with Gasteiger partial charge in [0.15, 0.2) is 0 Å². The molecule has 14 nitrogen and oxygen atoms in total. The summed E-state index contributed by atoms with van der Waals surface area (Å²) in [6.45, 7) is 4.05. The molecule has 1 aliphatic rings. The second-order valence-electron chi connectivity index (χ2n) is 9.98. The Morgan fingerprint density at radius 2 is 1.65 bits per heavy atom. The van der Waals surface area contributed by atoms with Gasteiger partial charge >= 0.3 is 5.97 Å². The number of nitrogens with two attached hydrogens (primary N) is 1. The molecule has 1 heterocycles. The van der Waals surface area contributed by atoms with Crippen LogP contribution in [-0.2, 0) is 30.5 Å². The standard InChI is InChI=1S/C26H37N7O7/c1-13(2)20-25(38)31-17(8-5-9-18(27)28)23(36)30-12-19(34)32-21(14(3)26(39)40)24(37)29-11-15-6-4-7-16(10-15)22(35)33-20/h4,6-7,10,13-14,17,20-21H,5,8-9,11-12H2,1-3H3,(H3,27,28)(H,29,37)(H,30,36)(H,31,38)(H,32,34)(H,33,35)(H,39,40)/t14-,17+,20-,21+/m1/s1. The topological polar surface area (TPSA) is 233 Å². The highest BCUT2D eigenvalue weighted by Gasteiger charge is 2.33. The summed E-state index contributed by atoms with van der Waals surface area (Å²) < 4.78 is 0. The predicted octanol–water partition coefficient (Wildman–Crippen LogP) is -1.02. The van der Waals surface area contributed by atoms with Gasteiger partial charge in [-0.3, -0.25) is 34.2 Å². The summed E-state index contributed by atoms with van der Waals surface area (Å²) in [5.41, 5.74) is 6.14. The zero-order chi connectivity index (χ0) is 30.0. The summed E-state index contributed by atoms with van der Waals surface area (Å²) in [6.07, 6.45) is 0.537. The second kappa shape index (κ2) is 14.6. The molecule has 1 aromatic rings. The molecule has 0 fully saturated rings. The molecular formula is C26H37N7O7. The van der Waals surface area contributed by atoms with Gasteiger partial charge in [0, 0.05) is 18.5 Å². The molecule has 218 valence electrons. The quantitative estimate of drug-likeness (QED) is 0.152. The molecule has 4 atom stereocenters. The van der Waals surface area contributed by atoms with Crippen LogP contribution >= 0.6 is 0 Å². The lowest BCUT2D eigenvalue weighted by Crippen LogP contribution is -2.57. The highest BCUT2D eigenvalue weighted by molar-refractivity contribution is 5.99. The molecule has 1 aromatic carbocycles. The van der Waals surface area contributed by atoms with Crippen LogP contribution in [0.1, 0.15) is 56.0 Å². The van der Waals surface area contributed by atoms with Crippen LogP contribution in [0.3, 0.4) is 0 Å². The molecule has 0 aliphatic carbocycles. The zero-order valence-corrected chi connectivity index (χ0v) is 22.7. The van der Waals surface area contributed by atoms with E-state index in [0.29, 0.717) is 5.56 Å². The number of amidine groups is 1. The molecule has 0 aromatic heterocycles. The Hall–Kier alpha value is -4.49. The molecule has 0 spiro atoms. The van der Waals surface area contributed by atoms with Gasteiger partial charge in [0.05, 0.1) is 18.3 Å². The minimum Gasteiger partial charge on any atom is -0.481 e. The number of carboxylic acids is 1. The van der Waals surface area contributed by atoms with Crippen LogP contribution in [0.4, 0.5) is 0 Å². The number of amides is 5. The van der Waals surface area contributed by atoms with Crippen LogP contribution in [0.25, 0.3) is 0 Å². The van der Waals surface area contributed by atoms with E-state index in [0.717, 1.165) is 0 Å². The number of aliphatic carboxylic acids is 1. The Morgan fingerprint density at radius 1 is 0.975 bits per heavy atom. The Morgan fingerprint density at radius 3 is 2.27 bits per heavy atom. The summed E-state index contributed by atoms with van der Waals surface area (Å²) >= 11 is 0. The van der Waals surface area contributed by atoms with Gasteiger partial charge in [-0.2, -0.15) is 0 Å². The molecule has 40 heavy (non-hydrogen) atoms. The predicted molar refractivity (Wildman–Crippen MR) is 144 cm³/mol. The van der Waals surface area contributed by atoms with Crippen molar-refractivity contribution in [2.45, 2.75) is 64.7 Å². The van der Waals surface area contributed by atoms with E-state index < -0.39 is 66.1 Å². The molecule has 2 bridgehead atoms. The van der Waals surface area contributed by atoms with Crippen molar-refractivity contribution >= 4 is 41.3 Å². The highest BCUT2D eigenvalue weighted by atomic mass is 16.4. The smallest absolute Gasteiger partial charge is 0.308 e. The van der Waals surface area contributed by atoms with Gasteiger partial charge in [-0.15, -0.1) is 0 Å². The van der Waals surface area contributed by atoms with E-state index in [1.807, 2.05) is 0 Å². The van der Waals surface area contributed by atoms with Crippen molar-refractivity contribution in [3.63, 3.8) is 0 Å². The minimum atomic E-state index is -1.45. The van der Waals surface area contributed by atoms with Crippen molar-refractivity contribution in [1.29, 1.82) is 5.41 Å². The first-order chi connectivity index (χ1) is 18.8. The average Bonchev–Trinajstić information content (AvgIpc) is 2.89. The molecule has 0 unspecified atom stereocenters. The third kappa shape index (κ3) is 9.36. The number of carbonyl (C=O) groups is 6. The van der Waals surface area contributed by atoms with E-state index in [9.17, 15) is 33.9 Å². The van der Waals surface area contributed by atoms with Gasteiger partial charge < -0.3 is 37.4 Å². The van der Waals surface area contributed by atoms with E-state index >= 15 is 0 Å². The number of hydrogen-bond donors (Lipinski definition) is 8. The van der Waals surface area contributed by atoms with E-state index in [-0.39, 0.29) is 43.1 Å². The molecule has 9 N–H and O–H groups in total. The zero-order valence-electron chi connectivity index (χ0n) is 22.7. The van der Waals surface area contributed by atoms with Crippen molar-refractivity contribution in [2.24, 2.45) is 17.6 Å². The van der Waals surface area contributed by atoms with Crippen molar-refractivity contribution in [1.82, 2.24) is 26.6 Å². The summed E-state index contributed by atoms with van der Waals surface area (Å²) in [5, 5.41) is 29.5. The number of nitrogens with one attached hydrogen (secondary N) is 6. The maximum absolute atomic E-state index is 13.2. The van der Waals surface area contributed by atoms with Gasteiger partial charge in [0.1, 0.15) is 18.1 Å². The van der Waals surface area contributed by atoms with Crippen LogP contribution in [0.2, 0.25) is 0 Å². The Bertz CT molecular complexity index is 1150. The van der Waals surface area contributed by atoms with Crippen molar-refractivity contribution < 1.29 is 33.9 Å². The Labute approximate surface area is 231 Å². The van der Waals surface area contributed by atoms with Gasteiger partial charge in [-0.25, -0.2) is 0 Å². The van der Waals surface area contributed by atoms with Crippen LogP contribution in [0, 0.1) is 17.2 Å². The first-order valence-corrected chi connectivity index (χ1v) is 12.9. The van der Waals surface area contributed by atoms with Crippen molar-refractivity contribution in [2.75, 3.05) is 6.54 Å². The van der Waals surface area contributed by atoms with Gasteiger partial charge in [-0.05, 0) is 43.4 Å². The number of benzene rings is 1. The fraction of sp³-hybridized carbons (Fsp3) is 0.500. The summed E-state index contributed by atoms with van der Waals surface area (Å²) in [4.78, 5) is 76.3. The SMILES string of the molecule is CC(C)[C@H]1NC(=O)c2cccc(c2)CNC(=O)[C@H]([C@@H](C)C(=O)O)NC(=O)CNC(=O)[C@H](CCCC(=N)N)NC1=O. The largest absolute Gasteiger partial charge is 0.481 e. The lowest BCUT2D eigenvalue weighted by atomic mass is 10.00. The van der Waals surface area contributed by atoms with E-state index in [1.54, 1.807) is 26.0 Å². The van der Waals surface area contributed by atoms with Gasteiger partial charge in [0.25, 0.3) is 5.91 Å². The second-order valence-corrected chi connectivity index (χ2v) is 9.98. The van der Waals surface area contributed by atoms with E-state index in [4.69, 9.17) is 11.1 Å². The van der Waals surface area contributed by atoms with Crippen molar-refractivity contribution in [3.8, 4) is 0 Å². The molecule has 0 saturated carbocycles. The van der Waals surface area contributed by atoms with E-state index in [1.165, 1.54) is 19.1 Å². The Kier molecular flexibility index (Phi) is 11.6. The maximum atomic E-state index is 13.2. The Balaban J connectivity index is 2.43. The molecule has 5 amide bonds. The van der Waals surface area contributed by atoms with Crippen molar-refractivity contribution in [3.05, 3.63) is 35.4 Å². The fourth-order valence-corrected chi connectivity index (χ4v) is 3.98. The number of rotatable bonds is 7. The first kappa shape index (κ1) is 31.7. The molecule has 2 rings (SSSR count). The third-order valence-electron chi connectivity index (χ3n) is 6.38. The molecule has 1 aliphatic heterocycles. The van der Waals surface area contributed by atoms with Crippen LogP contribution < -0.4 is 32.3 Å². The van der Waals surface area contributed by atoms with Crippen LogP contribution in [0.15, 0.2) is 24.3 Å². The first-order valence-electron chi connectivity index (χ1n) is 12.9.